The molecule has 3 rings (SSSR count). The lowest BCUT2D eigenvalue weighted by Crippen LogP contribution is -2.52. The minimum Gasteiger partial charge on any atom is -0.480 e. The van der Waals surface area contributed by atoms with Crippen LogP contribution in [0.5, 0.6) is 5.88 Å². The fourth-order valence-corrected chi connectivity index (χ4v) is 3.74. The number of hydrogen-bond donors (Lipinski definition) is 1. The number of aromatic nitrogens is 1. The third kappa shape index (κ3) is 4.11. The highest BCUT2D eigenvalue weighted by molar-refractivity contribution is 5.96. The Labute approximate surface area is 149 Å². The number of methoxy groups -OCH3 is 1. The smallest absolute Gasteiger partial charge is 0.259 e. The van der Waals surface area contributed by atoms with Crippen molar-refractivity contribution in [2.45, 2.75) is 25.0 Å². The molecule has 0 aliphatic carbocycles. The summed E-state index contributed by atoms with van der Waals surface area (Å²) in [6.45, 7) is 5.20. The summed E-state index contributed by atoms with van der Waals surface area (Å²) in [7, 11) is 3.65. The molecule has 138 valence electrons. The van der Waals surface area contributed by atoms with Gasteiger partial charge in [0.1, 0.15) is 5.56 Å². The van der Waals surface area contributed by atoms with E-state index in [1.165, 1.54) is 7.11 Å². The molecule has 7 heteroatoms. The quantitative estimate of drug-likeness (QED) is 0.848. The Balaban J connectivity index is 1.67. The second kappa shape index (κ2) is 8.12. The summed E-state index contributed by atoms with van der Waals surface area (Å²) in [4.78, 5) is 23.5. The molecular formula is C18H28N4O3. The third-order valence-electron chi connectivity index (χ3n) is 5.32. The van der Waals surface area contributed by atoms with Crippen molar-refractivity contribution in [1.82, 2.24) is 19.7 Å². The second-order valence-corrected chi connectivity index (χ2v) is 6.90. The van der Waals surface area contributed by atoms with Crippen molar-refractivity contribution in [2.24, 2.45) is 0 Å². The fraction of sp³-hybridized carbons (Fsp3) is 0.667. The van der Waals surface area contributed by atoms with E-state index in [9.17, 15) is 9.90 Å². The van der Waals surface area contributed by atoms with Gasteiger partial charge in [-0.1, -0.05) is 0 Å². The van der Waals surface area contributed by atoms with Gasteiger partial charge in [-0.15, -0.1) is 0 Å². The van der Waals surface area contributed by atoms with Gasteiger partial charge >= 0.3 is 0 Å². The SMILES string of the molecule is COc1ncccc1C(=O)N1CC[C@H](O)[C@@H](N2CCN(C)CC2)CC1. The molecule has 3 heterocycles. The lowest BCUT2D eigenvalue weighted by Gasteiger charge is -2.39. The van der Waals surface area contributed by atoms with Crippen LogP contribution in [0.2, 0.25) is 0 Å². The van der Waals surface area contributed by atoms with Crippen molar-refractivity contribution in [3.05, 3.63) is 23.9 Å². The number of rotatable bonds is 3. The van der Waals surface area contributed by atoms with Crippen LogP contribution in [0.1, 0.15) is 23.2 Å². The minimum absolute atomic E-state index is 0.0730. The average molecular weight is 348 g/mol. The van der Waals surface area contributed by atoms with Gasteiger partial charge in [-0.2, -0.15) is 0 Å². The maximum Gasteiger partial charge on any atom is 0.259 e. The van der Waals surface area contributed by atoms with Gasteiger partial charge in [-0.25, -0.2) is 4.98 Å². The molecule has 25 heavy (non-hydrogen) atoms. The second-order valence-electron chi connectivity index (χ2n) is 6.90. The highest BCUT2D eigenvalue weighted by Crippen LogP contribution is 2.22. The maximum atomic E-state index is 12.9. The van der Waals surface area contributed by atoms with Gasteiger partial charge < -0.3 is 19.6 Å². The highest BCUT2D eigenvalue weighted by Gasteiger charge is 2.33. The van der Waals surface area contributed by atoms with Crippen molar-refractivity contribution < 1.29 is 14.6 Å². The molecular weight excluding hydrogens is 320 g/mol. The molecule has 2 fully saturated rings. The molecule has 0 spiro atoms. The number of pyridine rings is 1. The number of likely N-dealkylation sites (N-methyl/N-ethyl adjacent to an activating group) is 1. The molecule has 1 amide bonds. The molecule has 0 aromatic carbocycles. The van der Waals surface area contributed by atoms with Crippen molar-refractivity contribution in [1.29, 1.82) is 0 Å². The zero-order chi connectivity index (χ0) is 17.8. The Morgan fingerprint density at radius 2 is 1.92 bits per heavy atom. The first-order valence-corrected chi connectivity index (χ1v) is 8.99. The number of nitrogens with zero attached hydrogens (tertiary/aromatic N) is 4. The summed E-state index contributed by atoms with van der Waals surface area (Å²) in [5, 5.41) is 10.6. The van der Waals surface area contributed by atoms with Crippen LogP contribution in [0.25, 0.3) is 0 Å². The normalized spacial score (nSPS) is 26.3. The number of piperazine rings is 1. The van der Waals surface area contributed by atoms with Crippen LogP contribution in [0, 0.1) is 0 Å². The van der Waals surface area contributed by atoms with E-state index in [1.54, 1.807) is 18.3 Å². The third-order valence-corrected chi connectivity index (χ3v) is 5.32. The minimum atomic E-state index is -0.392. The summed E-state index contributed by atoms with van der Waals surface area (Å²) < 4.78 is 5.22. The Hall–Kier alpha value is -1.70. The molecule has 1 aromatic rings. The monoisotopic (exact) mass is 348 g/mol. The van der Waals surface area contributed by atoms with E-state index >= 15 is 0 Å². The van der Waals surface area contributed by atoms with E-state index < -0.39 is 6.10 Å². The molecule has 2 atom stereocenters. The molecule has 0 bridgehead atoms. The van der Waals surface area contributed by atoms with E-state index in [2.05, 4.69) is 21.8 Å². The zero-order valence-corrected chi connectivity index (χ0v) is 15.1. The molecule has 1 aromatic heterocycles. The summed E-state index contributed by atoms with van der Waals surface area (Å²) in [5.41, 5.74) is 0.484. The van der Waals surface area contributed by atoms with Crippen molar-refractivity contribution in [2.75, 3.05) is 53.4 Å². The van der Waals surface area contributed by atoms with Gasteiger partial charge in [-0.05, 0) is 32.0 Å². The first kappa shape index (κ1) is 18.1. The first-order chi connectivity index (χ1) is 12.1. The van der Waals surface area contributed by atoms with Gasteiger partial charge in [0.2, 0.25) is 5.88 Å². The van der Waals surface area contributed by atoms with E-state index in [4.69, 9.17) is 4.74 Å². The van der Waals surface area contributed by atoms with Crippen LogP contribution in [0.3, 0.4) is 0 Å². The molecule has 2 saturated heterocycles. The largest absolute Gasteiger partial charge is 0.480 e. The summed E-state index contributed by atoms with van der Waals surface area (Å²) in [5.74, 6) is 0.282. The van der Waals surface area contributed by atoms with Crippen molar-refractivity contribution in [3.63, 3.8) is 0 Å². The van der Waals surface area contributed by atoms with E-state index in [0.717, 1.165) is 32.6 Å². The van der Waals surface area contributed by atoms with Gasteiger partial charge in [0.25, 0.3) is 5.91 Å². The Morgan fingerprint density at radius 3 is 2.64 bits per heavy atom. The van der Waals surface area contributed by atoms with Crippen LogP contribution in [-0.4, -0.2) is 96.3 Å². The predicted octanol–water partition coefficient (Wildman–Crippen LogP) is 0.303. The van der Waals surface area contributed by atoms with Crippen molar-refractivity contribution in [3.8, 4) is 5.88 Å². The van der Waals surface area contributed by atoms with E-state index in [1.807, 2.05) is 4.90 Å². The zero-order valence-electron chi connectivity index (χ0n) is 15.1. The summed E-state index contributed by atoms with van der Waals surface area (Å²) in [6.07, 6.45) is 2.62. The van der Waals surface area contributed by atoms with E-state index in [0.29, 0.717) is 31.0 Å². The molecule has 2 aliphatic heterocycles. The fourth-order valence-electron chi connectivity index (χ4n) is 3.74. The van der Waals surface area contributed by atoms with Crippen LogP contribution >= 0.6 is 0 Å². The van der Waals surface area contributed by atoms with E-state index in [-0.39, 0.29) is 11.9 Å². The summed E-state index contributed by atoms with van der Waals surface area (Å²) in [6, 6.07) is 3.62. The maximum absolute atomic E-state index is 12.9. The summed E-state index contributed by atoms with van der Waals surface area (Å²) >= 11 is 0. The van der Waals surface area contributed by atoms with Crippen LogP contribution in [0.15, 0.2) is 18.3 Å². The molecule has 7 nitrogen and oxygen atoms in total. The van der Waals surface area contributed by atoms with Crippen LogP contribution in [0.4, 0.5) is 0 Å². The Bertz CT molecular complexity index is 589. The molecule has 1 N–H and O–H groups in total. The van der Waals surface area contributed by atoms with Crippen LogP contribution < -0.4 is 4.74 Å². The Kier molecular flexibility index (Phi) is 5.88. The average Bonchev–Trinajstić information content (AvgIpc) is 2.84. The standard InChI is InChI=1S/C18H28N4O3/c1-20-10-12-21(13-11-20)15-5-8-22(9-6-16(15)23)18(24)14-4-3-7-19-17(14)25-2/h3-4,7,15-16,23H,5-6,8-13H2,1-2H3/t15-,16-/m0/s1. The van der Waals surface area contributed by atoms with Crippen molar-refractivity contribution >= 4 is 5.91 Å². The van der Waals surface area contributed by atoms with Gasteiger partial charge in [0.05, 0.1) is 13.2 Å². The molecule has 0 radical (unpaired) electrons. The molecule has 0 saturated carbocycles. The molecule has 2 aliphatic rings. The van der Waals surface area contributed by atoms with Gasteiger partial charge in [0, 0.05) is 51.5 Å². The number of likely N-dealkylation sites (tertiary alicyclic amines) is 1. The lowest BCUT2D eigenvalue weighted by atomic mass is 10.0. The predicted molar refractivity (Wildman–Crippen MR) is 94.8 cm³/mol. The van der Waals surface area contributed by atoms with Gasteiger partial charge in [0.15, 0.2) is 0 Å². The Morgan fingerprint density at radius 1 is 1.20 bits per heavy atom. The van der Waals surface area contributed by atoms with Crippen LogP contribution in [-0.2, 0) is 0 Å². The number of amides is 1. The molecule has 0 unspecified atom stereocenters. The topological polar surface area (TPSA) is 69.1 Å². The number of hydrogen-bond acceptors (Lipinski definition) is 6. The first-order valence-electron chi connectivity index (χ1n) is 8.99. The highest BCUT2D eigenvalue weighted by atomic mass is 16.5. The number of aliphatic hydroxyl groups excluding tert-OH is 1. The number of carbonyl (C=O) groups is 1. The van der Waals surface area contributed by atoms with Gasteiger partial charge in [-0.3, -0.25) is 9.69 Å². The number of ether oxygens (including phenoxy) is 1. The number of carbonyl (C=O) groups excluding carboxylic acids is 1. The lowest BCUT2D eigenvalue weighted by molar-refractivity contribution is 0.0224. The number of aliphatic hydroxyl groups is 1.